The molecule has 6 rings (SSSR count). The Kier molecular flexibility index (Phi) is 6.88. The van der Waals surface area contributed by atoms with Crippen LogP contribution in [0.5, 0.6) is 11.5 Å². The fourth-order valence-electron chi connectivity index (χ4n) is 7.36. The number of carbonyl (C=O) groups is 2. The minimum atomic E-state index is -0.797. The normalized spacial score (nSPS) is 26.1. The number of amides is 1. The highest BCUT2D eigenvalue weighted by Crippen LogP contribution is 2.55. The van der Waals surface area contributed by atoms with Crippen molar-refractivity contribution in [1.29, 1.82) is 0 Å². The van der Waals surface area contributed by atoms with E-state index in [0.717, 1.165) is 70.4 Å². The molecule has 2 aliphatic heterocycles. The number of aryl methyl sites for hydroxylation is 1. The minimum absolute atomic E-state index is 0.0558. The van der Waals surface area contributed by atoms with E-state index in [1.54, 1.807) is 4.68 Å². The van der Waals surface area contributed by atoms with Gasteiger partial charge in [0, 0.05) is 73.9 Å². The van der Waals surface area contributed by atoms with E-state index in [2.05, 4.69) is 37.1 Å². The lowest BCUT2D eigenvalue weighted by Crippen LogP contribution is -2.46. The van der Waals surface area contributed by atoms with Gasteiger partial charge in [0.25, 0.3) is 11.7 Å². The van der Waals surface area contributed by atoms with E-state index in [0.29, 0.717) is 43.3 Å². The second-order valence-corrected chi connectivity index (χ2v) is 12.8. The standard InChI is InChI=1S/C33H42N4O4/c1-19-14-20(2)26(27(38)15-19)18-37-13-12-25-28(32(37)39)21(3)30-31(29(25)22-16-34-36(7)17-22)41-33(4,40-30)23-8-10-24(11-9-23)35(5)6/h14,16-17,23-24H,8-13,15,18H2,1-7H3/t23?,24?,33-/m1/s1. The zero-order chi connectivity index (χ0) is 29.2. The summed E-state index contributed by atoms with van der Waals surface area (Å²) < 4.78 is 15.4. The highest BCUT2D eigenvalue weighted by molar-refractivity contribution is 6.04. The number of carbonyl (C=O) groups excluding carboxylic acids is 2. The van der Waals surface area contributed by atoms with Crippen molar-refractivity contribution in [3.05, 3.63) is 51.9 Å². The van der Waals surface area contributed by atoms with Crippen LogP contribution in [0.2, 0.25) is 0 Å². The number of fused-ring (bicyclic) bond motifs is 2. The first-order valence-electron chi connectivity index (χ1n) is 14.9. The molecule has 2 aliphatic carbocycles. The molecule has 0 saturated heterocycles. The zero-order valence-corrected chi connectivity index (χ0v) is 25.5. The Labute approximate surface area is 243 Å². The largest absolute Gasteiger partial charge is 0.448 e. The second-order valence-electron chi connectivity index (χ2n) is 12.8. The fraction of sp³-hybridized carbons (Fsp3) is 0.545. The highest BCUT2D eigenvalue weighted by atomic mass is 16.7. The summed E-state index contributed by atoms with van der Waals surface area (Å²) in [7, 11) is 6.20. The number of hydrogen-bond donors (Lipinski definition) is 0. The Morgan fingerprint density at radius 1 is 1.05 bits per heavy atom. The molecule has 8 heteroatoms. The van der Waals surface area contributed by atoms with Crippen LogP contribution in [0.15, 0.2) is 35.2 Å². The van der Waals surface area contributed by atoms with Crippen LogP contribution in [0.25, 0.3) is 11.1 Å². The molecule has 1 atom stereocenters. The summed E-state index contributed by atoms with van der Waals surface area (Å²) >= 11 is 0. The monoisotopic (exact) mass is 558 g/mol. The zero-order valence-electron chi connectivity index (χ0n) is 25.5. The van der Waals surface area contributed by atoms with Crippen LogP contribution in [0, 0.1) is 12.8 Å². The van der Waals surface area contributed by atoms with Crippen molar-refractivity contribution >= 4 is 11.7 Å². The topological polar surface area (TPSA) is 76.9 Å². The van der Waals surface area contributed by atoms with Gasteiger partial charge in [-0.2, -0.15) is 5.10 Å². The maximum Gasteiger partial charge on any atom is 0.254 e. The predicted octanol–water partition coefficient (Wildman–Crippen LogP) is 5.24. The SMILES string of the molecule is CC1=CC(C)=C(CN2CCc3c(c(C)c4c(c3-c3cnn(C)c3)O[C@](C)(C3CCC(N(C)C)CC3)O4)C2=O)C(=O)C1. The van der Waals surface area contributed by atoms with Crippen molar-refractivity contribution in [2.24, 2.45) is 13.0 Å². The molecule has 8 nitrogen and oxygen atoms in total. The van der Waals surface area contributed by atoms with Crippen LogP contribution in [-0.2, 0) is 18.3 Å². The first kappa shape index (κ1) is 27.8. The molecule has 2 aromatic rings. The van der Waals surface area contributed by atoms with Crippen molar-refractivity contribution in [3.8, 4) is 22.6 Å². The summed E-state index contributed by atoms with van der Waals surface area (Å²) in [6, 6.07) is 0.580. The molecular weight excluding hydrogens is 516 g/mol. The third kappa shape index (κ3) is 4.70. The Bertz CT molecular complexity index is 1490. The highest BCUT2D eigenvalue weighted by Gasteiger charge is 2.49. The minimum Gasteiger partial charge on any atom is -0.448 e. The molecule has 1 amide bonds. The molecule has 0 spiro atoms. The molecule has 1 aromatic heterocycles. The number of Topliss-reactive ketones (excluding diaryl/α,β-unsaturated/α-hetero) is 1. The molecular formula is C33H42N4O4. The lowest BCUT2D eigenvalue weighted by molar-refractivity contribution is -0.123. The van der Waals surface area contributed by atoms with Gasteiger partial charge >= 0.3 is 0 Å². The maximum atomic E-state index is 14.2. The van der Waals surface area contributed by atoms with Gasteiger partial charge in [-0.25, -0.2) is 0 Å². The van der Waals surface area contributed by atoms with E-state index >= 15 is 0 Å². The molecule has 1 aromatic carbocycles. The number of hydrogen-bond acceptors (Lipinski definition) is 6. The van der Waals surface area contributed by atoms with Crippen LogP contribution in [0.3, 0.4) is 0 Å². The third-order valence-corrected chi connectivity index (χ3v) is 9.72. The maximum absolute atomic E-state index is 14.2. The van der Waals surface area contributed by atoms with E-state index in [9.17, 15) is 9.59 Å². The molecule has 4 aliphatic rings. The Morgan fingerprint density at radius 3 is 2.39 bits per heavy atom. The van der Waals surface area contributed by atoms with Crippen LogP contribution < -0.4 is 9.47 Å². The molecule has 0 unspecified atom stereocenters. The number of aromatic nitrogens is 2. The van der Waals surface area contributed by atoms with E-state index in [1.165, 1.54) is 0 Å². The van der Waals surface area contributed by atoms with Crippen molar-refractivity contribution < 1.29 is 19.1 Å². The number of ether oxygens (including phenoxy) is 2. The molecule has 1 fully saturated rings. The molecule has 0 bridgehead atoms. The molecule has 3 heterocycles. The summed E-state index contributed by atoms with van der Waals surface area (Å²) in [5, 5.41) is 4.45. The molecule has 1 saturated carbocycles. The predicted molar refractivity (Wildman–Crippen MR) is 158 cm³/mol. The lowest BCUT2D eigenvalue weighted by atomic mass is 9.81. The summed E-state index contributed by atoms with van der Waals surface area (Å²) in [6.45, 7) is 8.86. The van der Waals surface area contributed by atoms with Crippen molar-refractivity contribution in [3.63, 3.8) is 0 Å². The number of allylic oxidation sites excluding steroid dienone is 3. The lowest BCUT2D eigenvalue weighted by Gasteiger charge is -2.39. The first-order chi connectivity index (χ1) is 19.5. The van der Waals surface area contributed by atoms with Crippen molar-refractivity contribution in [2.45, 2.75) is 78.0 Å². The summed E-state index contributed by atoms with van der Waals surface area (Å²) in [4.78, 5) is 31.2. The number of ketones is 1. The van der Waals surface area contributed by atoms with Crippen LogP contribution >= 0.6 is 0 Å². The average Bonchev–Trinajstić information content (AvgIpc) is 3.51. The van der Waals surface area contributed by atoms with Crippen LogP contribution in [0.1, 0.15) is 74.4 Å². The first-order valence-corrected chi connectivity index (χ1v) is 14.9. The Balaban J connectivity index is 1.39. The van der Waals surface area contributed by atoms with Gasteiger partial charge in [-0.3, -0.25) is 14.3 Å². The van der Waals surface area contributed by atoms with Gasteiger partial charge in [0.15, 0.2) is 17.3 Å². The summed E-state index contributed by atoms with van der Waals surface area (Å²) in [6.07, 6.45) is 11.2. The average molecular weight is 559 g/mol. The molecule has 0 N–H and O–H groups in total. The van der Waals surface area contributed by atoms with Crippen molar-refractivity contribution in [1.82, 2.24) is 19.6 Å². The van der Waals surface area contributed by atoms with Gasteiger partial charge in [-0.1, -0.05) is 11.6 Å². The van der Waals surface area contributed by atoms with E-state index in [4.69, 9.17) is 9.47 Å². The van der Waals surface area contributed by atoms with E-state index in [1.807, 2.05) is 45.1 Å². The fourth-order valence-corrected chi connectivity index (χ4v) is 7.36. The number of nitrogens with zero attached hydrogens (tertiary/aromatic N) is 4. The summed E-state index contributed by atoms with van der Waals surface area (Å²) in [5.41, 5.74) is 7.06. The van der Waals surface area contributed by atoms with Gasteiger partial charge in [0.05, 0.1) is 11.8 Å². The summed E-state index contributed by atoms with van der Waals surface area (Å²) in [5.74, 6) is 0.903. The van der Waals surface area contributed by atoms with E-state index in [-0.39, 0.29) is 17.6 Å². The van der Waals surface area contributed by atoms with Crippen molar-refractivity contribution in [2.75, 3.05) is 27.2 Å². The Hall–Kier alpha value is -3.39. The second kappa shape index (κ2) is 10.2. The smallest absolute Gasteiger partial charge is 0.254 e. The van der Waals surface area contributed by atoms with Crippen LogP contribution in [0.4, 0.5) is 0 Å². The van der Waals surface area contributed by atoms with Crippen LogP contribution in [-0.4, -0.2) is 70.3 Å². The van der Waals surface area contributed by atoms with Gasteiger partial charge in [0.1, 0.15) is 0 Å². The number of rotatable bonds is 5. The Morgan fingerprint density at radius 2 is 1.76 bits per heavy atom. The van der Waals surface area contributed by atoms with Gasteiger partial charge in [0.2, 0.25) is 0 Å². The quantitative estimate of drug-likeness (QED) is 0.500. The number of benzene rings is 1. The van der Waals surface area contributed by atoms with E-state index < -0.39 is 5.79 Å². The molecule has 0 radical (unpaired) electrons. The molecule has 218 valence electrons. The van der Waals surface area contributed by atoms with Gasteiger partial charge < -0.3 is 19.3 Å². The van der Waals surface area contributed by atoms with Gasteiger partial charge in [-0.15, -0.1) is 0 Å². The third-order valence-electron chi connectivity index (χ3n) is 9.72. The van der Waals surface area contributed by atoms with Gasteiger partial charge in [-0.05, 0) is 78.1 Å². The molecule has 41 heavy (non-hydrogen) atoms.